The molecule has 0 heterocycles. The Bertz CT molecular complexity index is 2520. The van der Waals surface area contributed by atoms with Crippen LogP contribution in [0.3, 0.4) is 0 Å². The second-order valence-electron chi connectivity index (χ2n) is 13.8. The van der Waals surface area contributed by atoms with Crippen molar-refractivity contribution in [2.45, 2.75) is 42.1 Å². The number of carboxylic acid groups (broad SMARTS) is 1. The fourth-order valence-corrected chi connectivity index (χ4v) is 8.13. The Morgan fingerprint density at radius 1 is 0.655 bits per heavy atom. The standard InChI is InChI=1S/C45H44N2O9S2/c1-57(51,52)46-41-27-37(19-23-44(41)56-32-36-15-9-4-10-16-36)42(48)30-47(29-34-11-5-2-6-12-34)26-25-33-17-20-38(21-18-33)58(53,54)39-22-24-43(40(28-39)45(49)50)55-31-35-13-7-3-8-14-35/h2-24,27-28,42,46,48H,25-26,29-32H2,1H3,(H,49,50)/t42-/m0/s1. The molecule has 0 radical (unpaired) electrons. The van der Waals surface area contributed by atoms with Crippen LogP contribution in [0.5, 0.6) is 11.5 Å². The maximum atomic E-state index is 13.6. The van der Waals surface area contributed by atoms with Crippen molar-refractivity contribution in [1.29, 1.82) is 0 Å². The summed E-state index contributed by atoms with van der Waals surface area (Å²) in [5.41, 5.74) is 4.07. The van der Waals surface area contributed by atoms with Gasteiger partial charge >= 0.3 is 5.97 Å². The molecule has 0 unspecified atom stereocenters. The number of ether oxygens (including phenoxy) is 2. The number of sulfonamides is 1. The number of nitrogens with zero attached hydrogens (tertiary/aromatic N) is 1. The van der Waals surface area contributed by atoms with Crippen LogP contribution in [-0.4, -0.2) is 57.3 Å². The first-order valence-electron chi connectivity index (χ1n) is 18.4. The van der Waals surface area contributed by atoms with E-state index in [-0.39, 0.29) is 46.5 Å². The number of hydrogen-bond acceptors (Lipinski definition) is 9. The van der Waals surface area contributed by atoms with E-state index >= 15 is 0 Å². The van der Waals surface area contributed by atoms with Crippen LogP contribution in [-0.2, 0) is 46.0 Å². The lowest BCUT2D eigenvalue weighted by Crippen LogP contribution is -2.30. The maximum absolute atomic E-state index is 13.6. The van der Waals surface area contributed by atoms with E-state index in [1.807, 2.05) is 91.0 Å². The monoisotopic (exact) mass is 820 g/mol. The Morgan fingerprint density at radius 3 is 1.76 bits per heavy atom. The van der Waals surface area contributed by atoms with Crippen molar-refractivity contribution in [3.8, 4) is 11.5 Å². The molecule has 1 atom stereocenters. The lowest BCUT2D eigenvalue weighted by molar-refractivity contribution is 0.0691. The van der Waals surface area contributed by atoms with Crippen molar-refractivity contribution < 1.29 is 41.3 Å². The minimum atomic E-state index is -4.06. The first-order chi connectivity index (χ1) is 27.8. The Balaban J connectivity index is 1.15. The zero-order valence-corrected chi connectivity index (χ0v) is 33.4. The van der Waals surface area contributed by atoms with Gasteiger partial charge in [0.15, 0.2) is 0 Å². The van der Waals surface area contributed by atoms with Crippen molar-refractivity contribution in [1.82, 2.24) is 4.90 Å². The molecule has 58 heavy (non-hydrogen) atoms. The molecule has 0 aliphatic rings. The van der Waals surface area contributed by atoms with Crippen molar-refractivity contribution in [3.63, 3.8) is 0 Å². The number of aliphatic hydroxyl groups is 1. The van der Waals surface area contributed by atoms with E-state index in [0.29, 0.717) is 30.8 Å². The van der Waals surface area contributed by atoms with Gasteiger partial charge in [0.1, 0.15) is 30.3 Å². The molecule has 11 nitrogen and oxygen atoms in total. The number of aliphatic hydroxyl groups excluding tert-OH is 1. The predicted molar refractivity (Wildman–Crippen MR) is 222 cm³/mol. The molecular formula is C45H44N2O9S2. The molecule has 0 aliphatic carbocycles. The summed E-state index contributed by atoms with van der Waals surface area (Å²) in [5.74, 6) is -0.924. The van der Waals surface area contributed by atoms with Crippen LogP contribution in [0.4, 0.5) is 5.69 Å². The Labute approximate surface area is 339 Å². The van der Waals surface area contributed by atoms with Gasteiger partial charge in [-0.25, -0.2) is 21.6 Å². The van der Waals surface area contributed by atoms with E-state index in [0.717, 1.165) is 34.6 Å². The van der Waals surface area contributed by atoms with Gasteiger partial charge in [-0.1, -0.05) is 109 Å². The molecule has 3 N–H and O–H groups in total. The van der Waals surface area contributed by atoms with E-state index < -0.39 is 31.9 Å². The molecule has 0 aliphatic heterocycles. The quantitative estimate of drug-likeness (QED) is 0.0746. The zero-order chi connectivity index (χ0) is 41.1. The molecule has 0 fully saturated rings. The highest BCUT2D eigenvalue weighted by Gasteiger charge is 2.23. The highest BCUT2D eigenvalue weighted by molar-refractivity contribution is 7.92. The van der Waals surface area contributed by atoms with Crippen LogP contribution >= 0.6 is 0 Å². The number of hydrogen-bond donors (Lipinski definition) is 3. The third-order valence-electron chi connectivity index (χ3n) is 9.28. The van der Waals surface area contributed by atoms with Gasteiger partial charge in [0.2, 0.25) is 19.9 Å². The van der Waals surface area contributed by atoms with Crippen LogP contribution < -0.4 is 14.2 Å². The number of benzene rings is 6. The van der Waals surface area contributed by atoms with Gasteiger partial charge in [-0.3, -0.25) is 9.62 Å². The maximum Gasteiger partial charge on any atom is 0.339 e. The lowest BCUT2D eigenvalue weighted by atomic mass is 10.1. The second-order valence-corrected chi connectivity index (χ2v) is 17.5. The van der Waals surface area contributed by atoms with Gasteiger partial charge in [-0.15, -0.1) is 0 Å². The van der Waals surface area contributed by atoms with Crippen LogP contribution in [0.25, 0.3) is 0 Å². The second kappa shape index (κ2) is 19.0. The predicted octanol–water partition coefficient (Wildman–Crippen LogP) is 7.53. The number of sulfone groups is 1. The minimum absolute atomic E-state index is 0.0109. The molecule has 0 saturated carbocycles. The first kappa shape index (κ1) is 41.6. The van der Waals surface area contributed by atoms with Crippen molar-refractivity contribution in [2.24, 2.45) is 0 Å². The van der Waals surface area contributed by atoms with Gasteiger partial charge in [0, 0.05) is 19.6 Å². The Hall–Kier alpha value is -5.99. The number of aromatic carboxylic acids is 1. The normalized spacial score (nSPS) is 12.2. The van der Waals surface area contributed by atoms with Crippen LogP contribution in [0.2, 0.25) is 0 Å². The number of nitrogens with one attached hydrogen (secondary N) is 1. The van der Waals surface area contributed by atoms with Crippen molar-refractivity contribution in [3.05, 3.63) is 185 Å². The van der Waals surface area contributed by atoms with Crippen molar-refractivity contribution in [2.75, 3.05) is 24.1 Å². The van der Waals surface area contributed by atoms with E-state index in [1.54, 1.807) is 30.3 Å². The van der Waals surface area contributed by atoms with Gasteiger partial charge < -0.3 is 19.7 Å². The van der Waals surface area contributed by atoms with Gasteiger partial charge in [-0.05, 0) is 76.7 Å². The average molecular weight is 821 g/mol. The number of rotatable bonds is 19. The van der Waals surface area contributed by atoms with E-state index in [2.05, 4.69) is 9.62 Å². The van der Waals surface area contributed by atoms with Gasteiger partial charge in [-0.2, -0.15) is 0 Å². The molecule has 6 rings (SSSR count). The number of anilines is 1. The Kier molecular flexibility index (Phi) is 13.6. The zero-order valence-electron chi connectivity index (χ0n) is 31.8. The summed E-state index contributed by atoms with van der Waals surface area (Å²) in [4.78, 5) is 14.0. The third kappa shape index (κ3) is 11.5. The first-order valence-corrected chi connectivity index (χ1v) is 21.8. The molecule has 6 aromatic rings. The fraction of sp³-hybridized carbons (Fsp3) is 0.178. The molecule has 13 heteroatoms. The summed E-state index contributed by atoms with van der Waals surface area (Å²) in [7, 11) is -7.73. The molecule has 0 bridgehead atoms. The summed E-state index contributed by atoms with van der Waals surface area (Å²) in [6, 6.07) is 43.7. The van der Waals surface area contributed by atoms with Gasteiger partial charge in [0.05, 0.1) is 27.8 Å². The van der Waals surface area contributed by atoms with Crippen LogP contribution in [0.15, 0.2) is 161 Å². The topological polar surface area (TPSA) is 160 Å². The Morgan fingerprint density at radius 2 is 1.19 bits per heavy atom. The van der Waals surface area contributed by atoms with Crippen LogP contribution in [0, 0.1) is 0 Å². The molecule has 0 amide bonds. The van der Waals surface area contributed by atoms with Crippen molar-refractivity contribution >= 4 is 31.5 Å². The highest BCUT2D eigenvalue weighted by atomic mass is 32.2. The molecule has 0 spiro atoms. The summed E-state index contributed by atoms with van der Waals surface area (Å²) in [5, 5.41) is 21.4. The molecule has 0 aromatic heterocycles. The molecule has 300 valence electrons. The van der Waals surface area contributed by atoms with E-state index in [4.69, 9.17) is 9.47 Å². The molecule has 6 aromatic carbocycles. The van der Waals surface area contributed by atoms with E-state index in [1.165, 1.54) is 24.3 Å². The molecular weight excluding hydrogens is 777 g/mol. The smallest absolute Gasteiger partial charge is 0.339 e. The SMILES string of the molecule is CS(=O)(=O)Nc1cc([C@@H](O)CN(CCc2ccc(S(=O)(=O)c3ccc(OCc4ccccc4)c(C(=O)O)c3)cc2)Cc2ccccc2)ccc1OCc1ccccc1. The lowest BCUT2D eigenvalue weighted by Gasteiger charge is -2.26. The highest BCUT2D eigenvalue weighted by Crippen LogP contribution is 2.31. The molecule has 0 saturated heterocycles. The number of carboxylic acids is 1. The largest absolute Gasteiger partial charge is 0.488 e. The fourth-order valence-electron chi connectivity index (χ4n) is 6.29. The summed E-state index contributed by atoms with van der Waals surface area (Å²) < 4.78 is 66.0. The van der Waals surface area contributed by atoms with Crippen LogP contribution in [0.1, 0.15) is 44.3 Å². The third-order valence-corrected chi connectivity index (χ3v) is 11.6. The van der Waals surface area contributed by atoms with E-state index in [9.17, 15) is 31.8 Å². The minimum Gasteiger partial charge on any atom is -0.488 e. The average Bonchev–Trinajstić information content (AvgIpc) is 3.22. The van der Waals surface area contributed by atoms with Gasteiger partial charge in [0.25, 0.3) is 0 Å². The summed E-state index contributed by atoms with van der Waals surface area (Å²) >= 11 is 0. The summed E-state index contributed by atoms with van der Waals surface area (Å²) in [6.45, 7) is 1.56. The number of carbonyl (C=O) groups is 1. The summed E-state index contributed by atoms with van der Waals surface area (Å²) in [6.07, 6.45) is 0.575.